The van der Waals surface area contributed by atoms with Crippen LogP contribution in [0.1, 0.15) is 25.7 Å². The molecule has 0 heterocycles. The van der Waals surface area contributed by atoms with Crippen molar-refractivity contribution in [2.45, 2.75) is 25.7 Å². The summed E-state index contributed by atoms with van der Waals surface area (Å²) in [5.74, 6) is 0.115. The molecule has 0 radical (unpaired) electrons. The number of carbonyl (C=O) groups is 1. The first kappa shape index (κ1) is 10.2. The number of carbonyl (C=O) groups excluding carboxylic acids is 1. The van der Waals surface area contributed by atoms with Gasteiger partial charge in [-0.05, 0) is 19.3 Å². The van der Waals surface area contributed by atoms with Crippen LogP contribution in [0.4, 0.5) is 0 Å². The quantitative estimate of drug-likeness (QED) is 0.317. The van der Waals surface area contributed by atoms with Crippen molar-refractivity contribution in [3.63, 3.8) is 0 Å². The number of hydrogen-bond acceptors (Lipinski definition) is 2. The minimum atomic E-state index is 0. The number of aliphatic hydroxyl groups excluding tert-OH is 1. The molecule has 0 aromatic rings. The standard InChI is InChI=1S/C7H10O2.Na.H/c8-5-6-3-1-2-4-7(6)9;;/h5,8H,1-4H2;;/b6-5+;;. The molecule has 0 amide bonds. The Morgan fingerprint density at radius 1 is 1.30 bits per heavy atom. The Hall–Kier alpha value is 0.210. The Labute approximate surface area is 82.6 Å². The van der Waals surface area contributed by atoms with Crippen LogP contribution in [0.3, 0.4) is 0 Å². The van der Waals surface area contributed by atoms with Gasteiger partial charge in [-0.15, -0.1) is 0 Å². The SMILES string of the molecule is O=C1CCCC/C1=C\O.[NaH]. The van der Waals surface area contributed by atoms with Gasteiger partial charge in [0, 0.05) is 12.0 Å². The summed E-state index contributed by atoms with van der Waals surface area (Å²) >= 11 is 0. The third kappa shape index (κ3) is 2.45. The molecule has 1 N–H and O–H groups in total. The Kier molecular flexibility index (Phi) is 5.04. The van der Waals surface area contributed by atoms with Crippen LogP contribution in [0.15, 0.2) is 11.8 Å². The molecule has 0 aromatic carbocycles. The van der Waals surface area contributed by atoms with Crippen molar-refractivity contribution in [1.29, 1.82) is 0 Å². The Morgan fingerprint density at radius 2 is 1.90 bits per heavy atom. The summed E-state index contributed by atoms with van der Waals surface area (Å²) in [6, 6.07) is 0. The van der Waals surface area contributed by atoms with Gasteiger partial charge in [0.25, 0.3) is 0 Å². The van der Waals surface area contributed by atoms with E-state index in [1.54, 1.807) is 0 Å². The third-order valence-electron chi connectivity index (χ3n) is 1.61. The van der Waals surface area contributed by atoms with E-state index in [4.69, 9.17) is 5.11 Å². The summed E-state index contributed by atoms with van der Waals surface area (Å²) in [5, 5.41) is 8.48. The van der Waals surface area contributed by atoms with Crippen LogP contribution in [0.25, 0.3) is 0 Å². The zero-order chi connectivity index (χ0) is 6.69. The minimum absolute atomic E-state index is 0. The molecule has 0 unspecified atom stereocenters. The summed E-state index contributed by atoms with van der Waals surface area (Å²) < 4.78 is 0. The van der Waals surface area contributed by atoms with Crippen molar-refractivity contribution in [1.82, 2.24) is 0 Å². The van der Waals surface area contributed by atoms with Crippen LogP contribution in [0, 0.1) is 0 Å². The molecule has 10 heavy (non-hydrogen) atoms. The summed E-state index contributed by atoms with van der Waals surface area (Å²) in [6.07, 6.45) is 4.34. The second-order valence-corrected chi connectivity index (χ2v) is 2.28. The van der Waals surface area contributed by atoms with Crippen LogP contribution < -0.4 is 0 Å². The molecule has 0 aliphatic heterocycles. The molecule has 1 aliphatic rings. The number of ketones is 1. The van der Waals surface area contributed by atoms with Crippen LogP contribution in [0.2, 0.25) is 0 Å². The molecule has 1 aliphatic carbocycles. The van der Waals surface area contributed by atoms with Gasteiger partial charge in [-0.25, -0.2) is 0 Å². The molecule has 0 spiro atoms. The zero-order valence-electron chi connectivity index (χ0n) is 5.26. The first-order valence-corrected chi connectivity index (χ1v) is 3.21. The number of aliphatic hydroxyl groups is 1. The topological polar surface area (TPSA) is 37.3 Å². The van der Waals surface area contributed by atoms with Gasteiger partial charge in [0.2, 0.25) is 0 Å². The first-order valence-electron chi connectivity index (χ1n) is 3.21. The summed E-state index contributed by atoms with van der Waals surface area (Å²) in [6.45, 7) is 0. The summed E-state index contributed by atoms with van der Waals surface area (Å²) in [7, 11) is 0. The van der Waals surface area contributed by atoms with Gasteiger partial charge in [0.05, 0.1) is 6.26 Å². The van der Waals surface area contributed by atoms with E-state index in [9.17, 15) is 4.79 Å². The maximum atomic E-state index is 10.8. The second-order valence-electron chi connectivity index (χ2n) is 2.28. The van der Waals surface area contributed by atoms with Crippen LogP contribution >= 0.6 is 0 Å². The van der Waals surface area contributed by atoms with Gasteiger partial charge >= 0.3 is 29.6 Å². The van der Waals surface area contributed by atoms with Gasteiger partial charge in [-0.1, -0.05) is 0 Å². The van der Waals surface area contributed by atoms with Crippen molar-refractivity contribution in [2.24, 2.45) is 0 Å². The maximum absolute atomic E-state index is 10.8. The first-order chi connectivity index (χ1) is 4.34. The molecular weight excluding hydrogens is 139 g/mol. The monoisotopic (exact) mass is 150 g/mol. The van der Waals surface area contributed by atoms with Crippen molar-refractivity contribution < 1.29 is 9.90 Å². The molecule has 1 fully saturated rings. The zero-order valence-corrected chi connectivity index (χ0v) is 5.26. The predicted octanol–water partition coefficient (Wildman–Crippen LogP) is 0.923. The van der Waals surface area contributed by atoms with E-state index in [0.29, 0.717) is 12.0 Å². The Morgan fingerprint density at radius 3 is 2.30 bits per heavy atom. The van der Waals surface area contributed by atoms with Crippen LogP contribution in [-0.2, 0) is 4.79 Å². The number of rotatable bonds is 0. The molecule has 0 aromatic heterocycles. The summed E-state index contributed by atoms with van der Waals surface area (Å²) in [4.78, 5) is 10.8. The fourth-order valence-electron chi connectivity index (χ4n) is 1.04. The third-order valence-corrected chi connectivity index (χ3v) is 1.61. The van der Waals surface area contributed by atoms with E-state index in [-0.39, 0.29) is 35.3 Å². The fourth-order valence-corrected chi connectivity index (χ4v) is 1.04. The van der Waals surface area contributed by atoms with Crippen LogP contribution in [-0.4, -0.2) is 40.4 Å². The molecule has 0 atom stereocenters. The molecule has 2 nitrogen and oxygen atoms in total. The molecule has 3 heteroatoms. The molecule has 52 valence electrons. The van der Waals surface area contributed by atoms with Gasteiger partial charge < -0.3 is 5.11 Å². The van der Waals surface area contributed by atoms with Crippen molar-refractivity contribution >= 4 is 35.3 Å². The molecule has 1 rings (SSSR count). The van der Waals surface area contributed by atoms with Crippen molar-refractivity contribution in [2.75, 3.05) is 0 Å². The van der Waals surface area contributed by atoms with Gasteiger partial charge in [-0.3, -0.25) is 4.79 Å². The van der Waals surface area contributed by atoms with E-state index in [1.165, 1.54) is 0 Å². The van der Waals surface area contributed by atoms with Gasteiger partial charge in [-0.2, -0.15) is 0 Å². The second kappa shape index (κ2) is 4.94. The van der Waals surface area contributed by atoms with E-state index in [2.05, 4.69) is 0 Å². The fraction of sp³-hybridized carbons (Fsp3) is 0.571. The summed E-state index contributed by atoms with van der Waals surface area (Å²) in [5.41, 5.74) is 0.598. The predicted molar refractivity (Wildman–Crippen MR) is 41.3 cm³/mol. The van der Waals surface area contributed by atoms with Crippen molar-refractivity contribution in [3.8, 4) is 0 Å². The van der Waals surface area contributed by atoms with E-state index < -0.39 is 0 Å². The molecule has 0 bridgehead atoms. The van der Waals surface area contributed by atoms with Gasteiger partial charge in [0.1, 0.15) is 0 Å². The molecule has 1 saturated carbocycles. The number of Topliss-reactive ketones (excluding diaryl/α,β-unsaturated/α-hetero) is 1. The molecular formula is C7H11NaO2. The van der Waals surface area contributed by atoms with E-state index in [1.807, 2.05) is 0 Å². The van der Waals surface area contributed by atoms with E-state index >= 15 is 0 Å². The Bertz CT molecular complexity index is 152. The van der Waals surface area contributed by atoms with Crippen LogP contribution in [0.5, 0.6) is 0 Å². The Balaban J connectivity index is 0.000000810. The van der Waals surface area contributed by atoms with E-state index in [0.717, 1.165) is 25.5 Å². The average molecular weight is 150 g/mol. The average Bonchev–Trinajstić information content (AvgIpc) is 1.89. The molecule has 0 saturated heterocycles. The number of hydrogen-bond donors (Lipinski definition) is 1. The van der Waals surface area contributed by atoms with Gasteiger partial charge in [0.15, 0.2) is 5.78 Å². The van der Waals surface area contributed by atoms with Crippen molar-refractivity contribution in [3.05, 3.63) is 11.8 Å². The number of allylic oxidation sites excluding steroid dienone is 1. The normalized spacial score (nSPS) is 22.4.